The van der Waals surface area contributed by atoms with Crippen LogP contribution in [-0.4, -0.2) is 21.9 Å². The van der Waals surface area contributed by atoms with E-state index in [0.29, 0.717) is 11.5 Å². The molecule has 0 aliphatic carbocycles. The van der Waals surface area contributed by atoms with Gasteiger partial charge in [0.2, 0.25) is 0 Å². The molecule has 1 aromatic carbocycles. The summed E-state index contributed by atoms with van der Waals surface area (Å²) >= 11 is 0. The molecule has 1 aromatic heterocycles. The number of aromatic nitrogens is 2. The molecule has 0 saturated carbocycles. The van der Waals surface area contributed by atoms with Gasteiger partial charge in [0, 0.05) is 11.6 Å². The molecule has 0 radical (unpaired) electrons. The van der Waals surface area contributed by atoms with Gasteiger partial charge in [0.25, 0.3) is 5.91 Å². The number of carbonyl (C=O) groups is 1. The van der Waals surface area contributed by atoms with Gasteiger partial charge in [0.05, 0.1) is 22.4 Å². The van der Waals surface area contributed by atoms with Crippen molar-refractivity contribution in [1.29, 1.82) is 0 Å². The summed E-state index contributed by atoms with van der Waals surface area (Å²) in [6.45, 7) is 10.3. The molecule has 2 aromatic rings. The summed E-state index contributed by atoms with van der Waals surface area (Å²) in [6, 6.07) is 5.68. The minimum atomic E-state index is -0.0433. The lowest BCUT2D eigenvalue weighted by molar-refractivity contribution is 0.0937. The van der Waals surface area contributed by atoms with Crippen LogP contribution in [0.3, 0.4) is 0 Å². The van der Waals surface area contributed by atoms with Gasteiger partial charge < -0.3 is 5.32 Å². The van der Waals surface area contributed by atoms with Crippen LogP contribution in [-0.2, 0) is 0 Å². The van der Waals surface area contributed by atoms with Crippen LogP contribution in [0.5, 0.6) is 0 Å². The molecule has 4 nitrogen and oxygen atoms in total. The van der Waals surface area contributed by atoms with E-state index in [4.69, 9.17) is 0 Å². The van der Waals surface area contributed by atoms with E-state index in [1.165, 1.54) is 0 Å². The molecule has 0 fully saturated rings. The summed E-state index contributed by atoms with van der Waals surface area (Å²) in [7, 11) is 0. The molecule has 0 spiro atoms. The molecule has 22 heavy (non-hydrogen) atoms. The van der Waals surface area contributed by atoms with Crippen molar-refractivity contribution in [3.63, 3.8) is 0 Å². The summed E-state index contributed by atoms with van der Waals surface area (Å²) in [5.74, 6) is 0.611. The van der Waals surface area contributed by atoms with E-state index in [1.807, 2.05) is 32.0 Å². The van der Waals surface area contributed by atoms with E-state index in [2.05, 4.69) is 36.1 Å². The summed E-state index contributed by atoms with van der Waals surface area (Å²) < 4.78 is 0. The number of hydrogen-bond donors (Lipinski definition) is 1. The highest BCUT2D eigenvalue weighted by Crippen LogP contribution is 2.15. The summed E-state index contributed by atoms with van der Waals surface area (Å²) in [5.41, 5.74) is 4.06. The fourth-order valence-electron chi connectivity index (χ4n) is 2.33. The predicted molar refractivity (Wildman–Crippen MR) is 90.0 cm³/mol. The Labute approximate surface area is 132 Å². The second kappa shape index (κ2) is 6.86. The van der Waals surface area contributed by atoms with Crippen molar-refractivity contribution in [2.24, 2.45) is 5.92 Å². The number of amides is 1. The Hall–Kier alpha value is -1.97. The Balaban J connectivity index is 2.13. The average molecular weight is 299 g/mol. The third kappa shape index (κ3) is 4.03. The standard InChI is InChI=1S/C18H25N3O/c1-11(2)6-7-12(3)19-18(22)15-8-9-16-17(10-15)21-14(5)13(4)20-16/h8-12H,6-7H2,1-5H3,(H,19,22). The number of aryl methyl sites for hydroxylation is 2. The highest BCUT2D eigenvalue weighted by atomic mass is 16.1. The van der Waals surface area contributed by atoms with Crippen LogP contribution in [0.4, 0.5) is 0 Å². The Morgan fingerprint density at radius 3 is 2.32 bits per heavy atom. The maximum Gasteiger partial charge on any atom is 0.251 e. The first-order chi connectivity index (χ1) is 10.4. The second-order valence-electron chi connectivity index (χ2n) is 6.44. The highest BCUT2D eigenvalue weighted by Gasteiger charge is 2.12. The maximum absolute atomic E-state index is 12.3. The van der Waals surface area contributed by atoms with Gasteiger partial charge in [-0.05, 0) is 57.7 Å². The Bertz CT molecular complexity index is 679. The van der Waals surface area contributed by atoms with E-state index in [-0.39, 0.29) is 11.9 Å². The smallest absolute Gasteiger partial charge is 0.251 e. The summed E-state index contributed by atoms with van der Waals surface area (Å²) in [6.07, 6.45) is 2.11. The van der Waals surface area contributed by atoms with Gasteiger partial charge in [-0.15, -0.1) is 0 Å². The van der Waals surface area contributed by atoms with Crippen molar-refractivity contribution < 1.29 is 4.79 Å². The molecule has 1 unspecified atom stereocenters. The van der Waals surface area contributed by atoms with Gasteiger partial charge in [-0.2, -0.15) is 0 Å². The van der Waals surface area contributed by atoms with Crippen molar-refractivity contribution >= 4 is 16.9 Å². The van der Waals surface area contributed by atoms with Crippen LogP contribution in [0, 0.1) is 19.8 Å². The van der Waals surface area contributed by atoms with Gasteiger partial charge >= 0.3 is 0 Å². The molecule has 1 heterocycles. The lowest BCUT2D eigenvalue weighted by Gasteiger charge is -2.15. The van der Waals surface area contributed by atoms with Crippen molar-refractivity contribution in [2.45, 2.75) is 53.5 Å². The highest BCUT2D eigenvalue weighted by molar-refractivity contribution is 5.97. The molecule has 1 amide bonds. The number of nitrogens with one attached hydrogen (secondary N) is 1. The Morgan fingerprint density at radius 2 is 1.68 bits per heavy atom. The van der Waals surface area contributed by atoms with Crippen LogP contribution in [0.15, 0.2) is 18.2 Å². The van der Waals surface area contributed by atoms with Gasteiger partial charge in [-0.3, -0.25) is 4.79 Å². The predicted octanol–water partition coefficient (Wildman–Crippen LogP) is 3.80. The molecule has 4 heteroatoms. The zero-order valence-corrected chi connectivity index (χ0v) is 14.1. The quantitative estimate of drug-likeness (QED) is 0.913. The number of carbonyl (C=O) groups excluding carboxylic acids is 1. The number of benzene rings is 1. The lowest BCUT2D eigenvalue weighted by Crippen LogP contribution is -2.32. The first-order valence-corrected chi connectivity index (χ1v) is 7.92. The van der Waals surface area contributed by atoms with E-state index in [9.17, 15) is 4.79 Å². The normalized spacial score (nSPS) is 12.6. The van der Waals surface area contributed by atoms with Crippen LogP contribution >= 0.6 is 0 Å². The topological polar surface area (TPSA) is 54.9 Å². The van der Waals surface area contributed by atoms with Crippen molar-refractivity contribution in [2.75, 3.05) is 0 Å². The van der Waals surface area contributed by atoms with Crippen molar-refractivity contribution in [3.05, 3.63) is 35.2 Å². The molecule has 1 N–H and O–H groups in total. The van der Waals surface area contributed by atoms with Crippen LogP contribution in [0.2, 0.25) is 0 Å². The maximum atomic E-state index is 12.3. The zero-order chi connectivity index (χ0) is 16.3. The van der Waals surface area contributed by atoms with Gasteiger partial charge in [0.15, 0.2) is 0 Å². The first kappa shape index (κ1) is 16.4. The molecule has 1 atom stereocenters. The first-order valence-electron chi connectivity index (χ1n) is 7.92. The zero-order valence-electron chi connectivity index (χ0n) is 14.1. The van der Waals surface area contributed by atoms with E-state index in [0.717, 1.165) is 35.3 Å². The molecule has 0 bridgehead atoms. The number of hydrogen-bond acceptors (Lipinski definition) is 3. The minimum Gasteiger partial charge on any atom is -0.350 e. The van der Waals surface area contributed by atoms with E-state index < -0.39 is 0 Å². The van der Waals surface area contributed by atoms with Gasteiger partial charge in [-0.1, -0.05) is 13.8 Å². The molecule has 118 valence electrons. The average Bonchev–Trinajstić information content (AvgIpc) is 2.45. The van der Waals surface area contributed by atoms with Crippen molar-refractivity contribution in [1.82, 2.24) is 15.3 Å². The summed E-state index contributed by atoms with van der Waals surface area (Å²) in [4.78, 5) is 21.3. The van der Waals surface area contributed by atoms with Gasteiger partial charge in [0.1, 0.15) is 0 Å². The van der Waals surface area contributed by atoms with Crippen molar-refractivity contribution in [3.8, 4) is 0 Å². The van der Waals surface area contributed by atoms with E-state index >= 15 is 0 Å². The van der Waals surface area contributed by atoms with Crippen LogP contribution in [0.25, 0.3) is 11.0 Å². The van der Waals surface area contributed by atoms with Gasteiger partial charge in [-0.25, -0.2) is 9.97 Å². The number of fused-ring (bicyclic) bond motifs is 1. The molecule has 2 rings (SSSR count). The SMILES string of the molecule is Cc1nc2ccc(C(=O)NC(C)CCC(C)C)cc2nc1C. The van der Waals surface area contributed by atoms with Crippen LogP contribution < -0.4 is 5.32 Å². The third-order valence-corrected chi connectivity index (χ3v) is 3.89. The summed E-state index contributed by atoms with van der Waals surface area (Å²) in [5, 5.41) is 3.06. The molecular formula is C18H25N3O. The second-order valence-corrected chi connectivity index (χ2v) is 6.44. The monoisotopic (exact) mass is 299 g/mol. The fourth-order valence-corrected chi connectivity index (χ4v) is 2.33. The van der Waals surface area contributed by atoms with Crippen LogP contribution in [0.1, 0.15) is 55.4 Å². The lowest BCUT2D eigenvalue weighted by atomic mass is 10.0. The minimum absolute atomic E-state index is 0.0433. The number of rotatable bonds is 5. The molecule has 0 aliphatic heterocycles. The molecular weight excluding hydrogens is 274 g/mol. The largest absolute Gasteiger partial charge is 0.350 e. The Morgan fingerprint density at radius 1 is 1.05 bits per heavy atom. The number of nitrogens with zero attached hydrogens (tertiary/aromatic N) is 2. The third-order valence-electron chi connectivity index (χ3n) is 3.89. The molecule has 0 aliphatic rings. The molecule has 0 saturated heterocycles. The fraction of sp³-hybridized carbons (Fsp3) is 0.500. The van der Waals surface area contributed by atoms with E-state index in [1.54, 1.807) is 0 Å². The Kier molecular flexibility index (Phi) is 5.11.